The van der Waals surface area contributed by atoms with Crippen molar-refractivity contribution in [2.45, 2.75) is 20.4 Å². The van der Waals surface area contributed by atoms with E-state index in [1.807, 2.05) is 43.5 Å². The van der Waals surface area contributed by atoms with Crippen LogP contribution in [0.1, 0.15) is 17.0 Å². The molecular formula is C16H15Cl2N3. The van der Waals surface area contributed by atoms with Gasteiger partial charge in [-0.2, -0.15) is 0 Å². The van der Waals surface area contributed by atoms with E-state index in [9.17, 15) is 0 Å². The zero-order chi connectivity index (χ0) is 15.0. The predicted molar refractivity (Wildman–Crippen MR) is 88.5 cm³/mol. The lowest BCUT2D eigenvalue weighted by molar-refractivity contribution is 1.08. The van der Waals surface area contributed by atoms with Crippen molar-refractivity contribution in [3.63, 3.8) is 0 Å². The van der Waals surface area contributed by atoms with Crippen molar-refractivity contribution in [1.29, 1.82) is 0 Å². The van der Waals surface area contributed by atoms with Crippen LogP contribution in [0.25, 0.3) is 5.65 Å². The van der Waals surface area contributed by atoms with Crippen LogP contribution in [-0.4, -0.2) is 9.38 Å². The molecule has 0 aliphatic carbocycles. The van der Waals surface area contributed by atoms with Gasteiger partial charge >= 0.3 is 0 Å². The number of hydrogen-bond acceptors (Lipinski definition) is 2. The third-order valence-electron chi connectivity index (χ3n) is 3.64. The molecule has 2 aromatic heterocycles. The first kappa shape index (κ1) is 14.2. The van der Waals surface area contributed by atoms with Crippen LogP contribution in [0.15, 0.2) is 36.5 Å². The summed E-state index contributed by atoms with van der Waals surface area (Å²) in [6.07, 6.45) is 2.01. The van der Waals surface area contributed by atoms with Crippen LogP contribution >= 0.6 is 23.2 Å². The molecule has 0 spiro atoms. The molecule has 0 aliphatic heterocycles. The van der Waals surface area contributed by atoms with E-state index in [1.54, 1.807) is 0 Å². The highest BCUT2D eigenvalue weighted by Gasteiger charge is 2.10. The molecule has 0 aliphatic rings. The molecule has 2 heterocycles. The summed E-state index contributed by atoms with van der Waals surface area (Å²) in [5.74, 6) is 0. The summed E-state index contributed by atoms with van der Waals surface area (Å²) >= 11 is 12.4. The Kier molecular flexibility index (Phi) is 3.79. The standard InChI is InChI=1S/C16H15Cl2N3/c1-10-11(2)21-8-4-7-15(16(21)20-10)19-9-12-13(17)5-3-6-14(12)18/h3-8,19H,9H2,1-2H3. The SMILES string of the molecule is Cc1nc2c(NCc3c(Cl)cccc3Cl)cccn2c1C. The second-order valence-corrected chi connectivity index (χ2v) is 5.77. The maximum atomic E-state index is 6.20. The monoisotopic (exact) mass is 319 g/mol. The summed E-state index contributed by atoms with van der Waals surface area (Å²) in [6, 6.07) is 9.53. The molecular weight excluding hydrogens is 305 g/mol. The van der Waals surface area contributed by atoms with Crippen molar-refractivity contribution in [2.24, 2.45) is 0 Å². The molecule has 1 N–H and O–H groups in total. The van der Waals surface area contributed by atoms with E-state index in [1.165, 1.54) is 0 Å². The highest BCUT2D eigenvalue weighted by atomic mass is 35.5. The number of nitrogens with one attached hydrogen (secondary N) is 1. The zero-order valence-electron chi connectivity index (χ0n) is 11.8. The number of nitrogens with zero attached hydrogens (tertiary/aromatic N) is 2. The molecule has 0 unspecified atom stereocenters. The number of aryl methyl sites for hydroxylation is 2. The maximum absolute atomic E-state index is 6.20. The number of imidazole rings is 1. The van der Waals surface area contributed by atoms with Crippen molar-refractivity contribution < 1.29 is 0 Å². The first-order chi connectivity index (χ1) is 10.1. The average Bonchev–Trinajstić information content (AvgIpc) is 2.75. The number of hydrogen-bond donors (Lipinski definition) is 1. The number of anilines is 1. The zero-order valence-corrected chi connectivity index (χ0v) is 13.3. The molecule has 108 valence electrons. The van der Waals surface area contributed by atoms with E-state index in [0.29, 0.717) is 16.6 Å². The molecule has 0 bridgehead atoms. The van der Waals surface area contributed by atoms with Gasteiger partial charge in [-0.05, 0) is 38.1 Å². The van der Waals surface area contributed by atoms with Crippen LogP contribution in [0.2, 0.25) is 10.0 Å². The molecule has 0 atom stereocenters. The molecule has 0 saturated carbocycles. The van der Waals surface area contributed by atoms with Crippen LogP contribution in [0, 0.1) is 13.8 Å². The fourth-order valence-electron chi connectivity index (χ4n) is 2.32. The van der Waals surface area contributed by atoms with Gasteiger partial charge in [0.1, 0.15) is 0 Å². The number of rotatable bonds is 3. The number of benzene rings is 1. The van der Waals surface area contributed by atoms with Gasteiger partial charge < -0.3 is 9.72 Å². The van der Waals surface area contributed by atoms with Crippen LogP contribution in [0.3, 0.4) is 0 Å². The third kappa shape index (κ3) is 2.59. The second kappa shape index (κ2) is 5.58. The largest absolute Gasteiger partial charge is 0.378 e. The van der Waals surface area contributed by atoms with Gasteiger partial charge in [0.25, 0.3) is 0 Å². The predicted octanol–water partition coefficient (Wildman–Crippen LogP) is 4.87. The molecule has 1 aromatic carbocycles. The van der Waals surface area contributed by atoms with Gasteiger partial charge in [0.15, 0.2) is 5.65 Å². The lowest BCUT2D eigenvalue weighted by Gasteiger charge is -2.10. The molecule has 5 heteroatoms. The first-order valence-corrected chi connectivity index (χ1v) is 7.44. The fraction of sp³-hybridized carbons (Fsp3) is 0.188. The van der Waals surface area contributed by atoms with E-state index in [2.05, 4.69) is 21.6 Å². The summed E-state index contributed by atoms with van der Waals surface area (Å²) in [6.45, 7) is 4.63. The number of pyridine rings is 1. The van der Waals surface area contributed by atoms with Crippen LogP contribution in [-0.2, 0) is 6.54 Å². The topological polar surface area (TPSA) is 29.3 Å². The Balaban J connectivity index is 1.94. The van der Waals surface area contributed by atoms with Gasteiger partial charge in [0.05, 0.1) is 11.4 Å². The van der Waals surface area contributed by atoms with E-state index >= 15 is 0 Å². The second-order valence-electron chi connectivity index (χ2n) is 4.95. The normalized spacial score (nSPS) is 11.0. The van der Waals surface area contributed by atoms with Gasteiger partial charge in [-0.25, -0.2) is 4.98 Å². The van der Waals surface area contributed by atoms with E-state index in [4.69, 9.17) is 23.2 Å². The molecule has 0 fully saturated rings. The van der Waals surface area contributed by atoms with Gasteiger partial charge in [-0.15, -0.1) is 0 Å². The molecule has 0 radical (unpaired) electrons. The Morgan fingerprint density at radius 2 is 1.81 bits per heavy atom. The van der Waals surface area contributed by atoms with E-state index in [-0.39, 0.29) is 0 Å². The molecule has 3 rings (SSSR count). The molecule has 0 amide bonds. The number of aromatic nitrogens is 2. The summed E-state index contributed by atoms with van der Waals surface area (Å²) in [4.78, 5) is 4.60. The van der Waals surface area contributed by atoms with Gasteiger partial charge in [0.2, 0.25) is 0 Å². The van der Waals surface area contributed by atoms with Crippen molar-refractivity contribution in [2.75, 3.05) is 5.32 Å². The first-order valence-electron chi connectivity index (χ1n) is 6.69. The summed E-state index contributed by atoms with van der Waals surface area (Å²) in [7, 11) is 0. The van der Waals surface area contributed by atoms with Crippen LogP contribution in [0.5, 0.6) is 0 Å². The molecule has 21 heavy (non-hydrogen) atoms. The van der Waals surface area contributed by atoms with Crippen LogP contribution in [0.4, 0.5) is 5.69 Å². The van der Waals surface area contributed by atoms with Gasteiger partial charge in [0, 0.05) is 34.0 Å². The van der Waals surface area contributed by atoms with E-state index < -0.39 is 0 Å². The van der Waals surface area contributed by atoms with Crippen molar-refractivity contribution in [3.8, 4) is 0 Å². The minimum absolute atomic E-state index is 0.559. The summed E-state index contributed by atoms with van der Waals surface area (Å²) in [5.41, 5.74) is 4.94. The smallest absolute Gasteiger partial charge is 0.160 e. The van der Waals surface area contributed by atoms with Crippen LogP contribution < -0.4 is 5.32 Å². The number of fused-ring (bicyclic) bond motifs is 1. The molecule has 0 saturated heterocycles. The minimum atomic E-state index is 0.559. The molecule has 3 nitrogen and oxygen atoms in total. The van der Waals surface area contributed by atoms with Gasteiger partial charge in [-0.1, -0.05) is 29.3 Å². The maximum Gasteiger partial charge on any atom is 0.160 e. The highest BCUT2D eigenvalue weighted by Crippen LogP contribution is 2.26. The quantitative estimate of drug-likeness (QED) is 0.746. The average molecular weight is 320 g/mol. The number of halogens is 2. The lowest BCUT2D eigenvalue weighted by Crippen LogP contribution is -2.03. The summed E-state index contributed by atoms with van der Waals surface area (Å²) < 4.78 is 2.08. The Bertz CT molecular complexity index is 788. The Hall–Kier alpha value is -1.71. The van der Waals surface area contributed by atoms with Crippen molar-refractivity contribution in [1.82, 2.24) is 9.38 Å². The Morgan fingerprint density at radius 3 is 2.52 bits per heavy atom. The van der Waals surface area contributed by atoms with Gasteiger partial charge in [-0.3, -0.25) is 0 Å². The lowest BCUT2D eigenvalue weighted by atomic mass is 10.2. The van der Waals surface area contributed by atoms with E-state index in [0.717, 1.165) is 28.3 Å². The molecule has 3 aromatic rings. The van der Waals surface area contributed by atoms with Crippen molar-refractivity contribution >= 4 is 34.5 Å². The summed E-state index contributed by atoms with van der Waals surface area (Å²) in [5, 5.41) is 4.70. The Morgan fingerprint density at radius 1 is 1.10 bits per heavy atom. The minimum Gasteiger partial charge on any atom is -0.378 e. The fourth-order valence-corrected chi connectivity index (χ4v) is 2.85. The Labute approximate surface area is 133 Å². The van der Waals surface area contributed by atoms with Crippen molar-refractivity contribution in [3.05, 3.63) is 63.5 Å². The third-order valence-corrected chi connectivity index (χ3v) is 4.35. The highest BCUT2D eigenvalue weighted by molar-refractivity contribution is 6.36.